The number of rotatable bonds is 0. The molecule has 0 bridgehead atoms. The van der Waals surface area contributed by atoms with Gasteiger partial charge in [-0.3, -0.25) is 0 Å². The highest BCUT2D eigenvalue weighted by Crippen LogP contribution is 1.87. The lowest BCUT2D eigenvalue weighted by molar-refractivity contribution is 0.354. The minimum absolute atomic E-state index is 1.05. The molecular weight excluding hydrogens is 188 g/mol. The molecule has 4 heteroatoms. The predicted octanol–water partition coefficient (Wildman–Crippen LogP) is -0.357. The molecule has 1 aliphatic rings. The Bertz CT molecular complexity index is 127. The zero-order valence-corrected chi connectivity index (χ0v) is 9.73. The summed E-state index contributed by atoms with van der Waals surface area (Å²) >= 11 is 0. The zero-order valence-electron chi connectivity index (χ0n) is 9.73. The Morgan fingerprint density at radius 3 is 2.00 bits per heavy atom. The van der Waals surface area contributed by atoms with Crippen LogP contribution in [0, 0.1) is 7.05 Å². The molecule has 1 fully saturated rings. The summed E-state index contributed by atoms with van der Waals surface area (Å²) in [5.74, 6) is 0. The van der Waals surface area contributed by atoms with Gasteiger partial charge < -0.3 is 20.9 Å². The van der Waals surface area contributed by atoms with E-state index in [0.29, 0.717) is 0 Å². The first kappa shape index (κ1) is 12.9. The third-order valence-electron chi connectivity index (χ3n) is 2.62. The van der Waals surface area contributed by atoms with Gasteiger partial charge in [0.2, 0.25) is 0 Å². The smallest absolute Gasteiger partial charge is 0.0110 e. The third kappa shape index (κ3) is 7.73. The van der Waals surface area contributed by atoms with Gasteiger partial charge in [0.15, 0.2) is 0 Å². The fourth-order valence-electron chi connectivity index (χ4n) is 1.67. The molecule has 0 atom stereocenters. The van der Waals surface area contributed by atoms with E-state index in [1.807, 2.05) is 0 Å². The Morgan fingerprint density at radius 1 is 0.667 bits per heavy atom. The summed E-state index contributed by atoms with van der Waals surface area (Å²) in [6.45, 7) is 8.66. The standard InChI is InChI=1S/C11H25N4/c1-15-10-3-6-13-8-7-12-4-2-5-14-9-11-15/h12-14H,1-11H2. The van der Waals surface area contributed by atoms with Crippen LogP contribution in [0.25, 0.3) is 0 Å². The number of nitrogens with zero attached hydrogens (tertiary/aromatic N) is 1. The molecule has 0 amide bonds. The van der Waals surface area contributed by atoms with Crippen molar-refractivity contribution in [2.45, 2.75) is 12.8 Å². The maximum Gasteiger partial charge on any atom is 0.0110 e. The van der Waals surface area contributed by atoms with E-state index in [1.54, 1.807) is 0 Å². The lowest BCUT2D eigenvalue weighted by atomic mass is 10.3. The first-order chi connectivity index (χ1) is 7.39. The molecule has 1 saturated heterocycles. The van der Waals surface area contributed by atoms with Gasteiger partial charge in [0.25, 0.3) is 0 Å². The van der Waals surface area contributed by atoms with Crippen LogP contribution in [-0.2, 0) is 0 Å². The van der Waals surface area contributed by atoms with Crippen molar-refractivity contribution in [3.8, 4) is 0 Å². The molecule has 89 valence electrons. The molecule has 15 heavy (non-hydrogen) atoms. The van der Waals surface area contributed by atoms with Gasteiger partial charge in [-0.05, 0) is 39.0 Å². The average molecular weight is 213 g/mol. The summed E-state index contributed by atoms with van der Waals surface area (Å²) in [7, 11) is 4.02. The van der Waals surface area contributed by atoms with Crippen LogP contribution < -0.4 is 16.0 Å². The normalized spacial score (nSPS) is 24.6. The monoisotopic (exact) mass is 213 g/mol. The fourth-order valence-corrected chi connectivity index (χ4v) is 1.67. The van der Waals surface area contributed by atoms with E-state index in [0.717, 1.165) is 52.4 Å². The van der Waals surface area contributed by atoms with Crippen LogP contribution in [0.15, 0.2) is 0 Å². The molecule has 1 heterocycles. The second kappa shape index (κ2) is 9.09. The van der Waals surface area contributed by atoms with E-state index in [9.17, 15) is 0 Å². The van der Waals surface area contributed by atoms with E-state index in [4.69, 9.17) is 0 Å². The largest absolute Gasteiger partial charge is 0.315 e. The zero-order chi connectivity index (χ0) is 10.8. The fraction of sp³-hybridized carbons (Fsp3) is 0.909. The molecule has 1 aliphatic heterocycles. The molecule has 4 nitrogen and oxygen atoms in total. The molecule has 0 aromatic heterocycles. The molecule has 1 rings (SSSR count). The lowest BCUT2D eigenvalue weighted by Gasteiger charge is -2.17. The van der Waals surface area contributed by atoms with Crippen molar-refractivity contribution in [2.75, 3.05) is 52.4 Å². The summed E-state index contributed by atoms with van der Waals surface area (Å²) in [6.07, 6.45) is 2.39. The van der Waals surface area contributed by atoms with Crippen molar-refractivity contribution in [3.05, 3.63) is 7.05 Å². The van der Waals surface area contributed by atoms with Gasteiger partial charge in [-0.2, -0.15) is 0 Å². The molecule has 3 N–H and O–H groups in total. The van der Waals surface area contributed by atoms with E-state index in [-0.39, 0.29) is 0 Å². The maximum atomic E-state index is 4.02. The van der Waals surface area contributed by atoms with Crippen LogP contribution in [0.3, 0.4) is 0 Å². The molecule has 0 spiro atoms. The van der Waals surface area contributed by atoms with E-state index in [1.165, 1.54) is 12.8 Å². The summed E-state index contributed by atoms with van der Waals surface area (Å²) in [5.41, 5.74) is 0. The molecule has 1 radical (unpaired) electrons. The Kier molecular flexibility index (Phi) is 7.83. The maximum absolute atomic E-state index is 4.02. The number of hydrogen-bond acceptors (Lipinski definition) is 4. The van der Waals surface area contributed by atoms with Crippen molar-refractivity contribution in [1.82, 2.24) is 20.9 Å². The Hall–Kier alpha value is -0.160. The van der Waals surface area contributed by atoms with Crippen LogP contribution in [0.2, 0.25) is 0 Å². The highest BCUT2D eigenvalue weighted by molar-refractivity contribution is 4.62. The predicted molar refractivity (Wildman–Crippen MR) is 64.8 cm³/mol. The van der Waals surface area contributed by atoms with Crippen molar-refractivity contribution in [1.29, 1.82) is 0 Å². The SMILES string of the molecule is [CH2]N1CCCNCCNCCCNCC1. The van der Waals surface area contributed by atoms with Crippen LogP contribution in [0.5, 0.6) is 0 Å². The van der Waals surface area contributed by atoms with Crippen molar-refractivity contribution < 1.29 is 0 Å². The van der Waals surface area contributed by atoms with Gasteiger partial charge in [0.05, 0.1) is 0 Å². The van der Waals surface area contributed by atoms with Gasteiger partial charge in [-0.1, -0.05) is 0 Å². The molecule has 0 aromatic rings. The highest BCUT2D eigenvalue weighted by atomic mass is 15.1. The minimum atomic E-state index is 1.05. The first-order valence-corrected chi connectivity index (χ1v) is 6.07. The topological polar surface area (TPSA) is 39.3 Å². The third-order valence-corrected chi connectivity index (χ3v) is 2.62. The van der Waals surface area contributed by atoms with Gasteiger partial charge in [0, 0.05) is 33.2 Å². The Labute approximate surface area is 93.8 Å². The highest BCUT2D eigenvalue weighted by Gasteiger charge is 1.98. The summed E-state index contributed by atoms with van der Waals surface area (Å²) in [5, 5.41) is 10.3. The second-order valence-corrected chi connectivity index (χ2v) is 4.08. The second-order valence-electron chi connectivity index (χ2n) is 4.08. The van der Waals surface area contributed by atoms with Crippen molar-refractivity contribution in [3.63, 3.8) is 0 Å². The minimum Gasteiger partial charge on any atom is -0.315 e. The van der Waals surface area contributed by atoms with E-state index in [2.05, 4.69) is 27.9 Å². The average Bonchev–Trinajstić information content (AvgIpc) is 2.24. The summed E-state index contributed by atoms with van der Waals surface area (Å²) in [6, 6.07) is 0. The van der Waals surface area contributed by atoms with Crippen LogP contribution in [0.4, 0.5) is 0 Å². The molecule has 0 saturated carbocycles. The molecular formula is C11H25N4. The number of nitrogens with one attached hydrogen (secondary N) is 3. The van der Waals surface area contributed by atoms with E-state index >= 15 is 0 Å². The van der Waals surface area contributed by atoms with E-state index < -0.39 is 0 Å². The van der Waals surface area contributed by atoms with Crippen molar-refractivity contribution >= 4 is 0 Å². The molecule has 0 aromatic carbocycles. The number of hydrogen-bond donors (Lipinski definition) is 3. The molecule has 0 unspecified atom stereocenters. The Balaban J connectivity index is 2.10. The quantitative estimate of drug-likeness (QED) is 0.514. The van der Waals surface area contributed by atoms with Crippen molar-refractivity contribution in [2.24, 2.45) is 0 Å². The van der Waals surface area contributed by atoms with Gasteiger partial charge in [-0.25, -0.2) is 0 Å². The summed E-state index contributed by atoms with van der Waals surface area (Å²) < 4.78 is 0. The van der Waals surface area contributed by atoms with Gasteiger partial charge >= 0.3 is 0 Å². The lowest BCUT2D eigenvalue weighted by Crippen LogP contribution is -2.34. The van der Waals surface area contributed by atoms with Crippen LogP contribution >= 0.6 is 0 Å². The van der Waals surface area contributed by atoms with Gasteiger partial charge in [0.1, 0.15) is 0 Å². The van der Waals surface area contributed by atoms with Crippen LogP contribution in [0.1, 0.15) is 12.8 Å². The first-order valence-electron chi connectivity index (χ1n) is 6.07. The van der Waals surface area contributed by atoms with Crippen LogP contribution in [-0.4, -0.2) is 57.3 Å². The summed E-state index contributed by atoms with van der Waals surface area (Å²) in [4.78, 5) is 2.15. The Morgan fingerprint density at radius 2 is 1.27 bits per heavy atom. The molecule has 0 aliphatic carbocycles. The van der Waals surface area contributed by atoms with Gasteiger partial charge in [-0.15, -0.1) is 0 Å².